The molecule has 5 heteroatoms. The predicted molar refractivity (Wildman–Crippen MR) is 76.1 cm³/mol. The molecule has 0 unspecified atom stereocenters. The number of nitrogens with zero attached hydrogens (tertiary/aromatic N) is 4. The first-order valence-corrected chi connectivity index (χ1v) is 6.57. The Morgan fingerprint density at radius 1 is 1.11 bits per heavy atom. The summed E-state index contributed by atoms with van der Waals surface area (Å²) >= 11 is 0. The molecule has 0 aliphatic heterocycles. The Hall–Kier alpha value is -2.04. The van der Waals surface area contributed by atoms with E-state index in [0.717, 1.165) is 41.6 Å². The first-order chi connectivity index (χ1) is 9.15. The fourth-order valence-electron chi connectivity index (χ4n) is 2.03. The monoisotopic (exact) mass is 257 g/mol. The van der Waals surface area contributed by atoms with Gasteiger partial charge in [-0.15, -0.1) is 0 Å². The molecule has 0 bridgehead atoms. The molecular weight excluding hydrogens is 238 g/mol. The van der Waals surface area contributed by atoms with Crippen LogP contribution in [0, 0.1) is 13.8 Å². The molecule has 0 aliphatic rings. The van der Waals surface area contributed by atoms with Gasteiger partial charge in [0.05, 0.1) is 0 Å². The summed E-state index contributed by atoms with van der Waals surface area (Å²) in [5.74, 6) is 2.28. The zero-order valence-electron chi connectivity index (χ0n) is 11.9. The normalized spacial score (nSPS) is 10.5. The van der Waals surface area contributed by atoms with E-state index in [-0.39, 0.29) is 0 Å². The van der Waals surface area contributed by atoms with Crippen LogP contribution in [0.15, 0.2) is 12.3 Å². The van der Waals surface area contributed by atoms with Gasteiger partial charge in [0.2, 0.25) is 0 Å². The van der Waals surface area contributed by atoms with E-state index in [9.17, 15) is 0 Å². The molecule has 2 aromatic heterocycles. The molecule has 5 nitrogen and oxygen atoms in total. The number of hydrogen-bond acceptors (Lipinski definition) is 5. The molecule has 0 spiro atoms. The lowest BCUT2D eigenvalue weighted by atomic mass is 10.1. The Bertz CT molecular complexity index is 580. The third-order valence-corrected chi connectivity index (χ3v) is 2.92. The van der Waals surface area contributed by atoms with E-state index in [0.29, 0.717) is 5.82 Å². The van der Waals surface area contributed by atoms with E-state index in [2.05, 4.69) is 39.1 Å². The third-order valence-electron chi connectivity index (χ3n) is 2.92. The second kappa shape index (κ2) is 5.73. The average molecular weight is 257 g/mol. The quantitative estimate of drug-likeness (QED) is 0.912. The van der Waals surface area contributed by atoms with Gasteiger partial charge in [-0.25, -0.2) is 19.9 Å². The lowest BCUT2D eigenvalue weighted by molar-refractivity contribution is 0.972. The van der Waals surface area contributed by atoms with E-state index in [4.69, 9.17) is 0 Å². The molecule has 19 heavy (non-hydrogen) atoms. The highest BCUT2D eigenvalue weighted by molar-refractivity contribution is 5.56. The van der Waals surface area contributed by atoms with Gasteiger partial charge < -0.3 is 5.32 Å². The molecule has 0 radical (unpaired) electrons. The number of nitrogens with one attached hydrogen (secondary N) is 1. The van der Waals surface area contributed by atoms with Crippen LogP contribution in [-0.2, 0) is 6.42 Å². The molecule has 0 atom stereocenters. The molecule has 0 saturated carbocycles. The van der Waals surface area contributed by atoms with E-state index in [1.807, 2.05) is 19.9 Å². The van der Waals surface area contributed by atoms with Gasteiger partial charge in [0.1, 0.15) is 17.3 Å². The van der Waals surface area contributed by atoms with Gasteiger partial charge in [-0.2, -0.15) is 0 Å². The van der Waals surface area contributed by atoms with Crippen molar-refractivity contribution in [3.8, 4) is 11.5 Å². The highest BCUT2D eigenvalue weighted by atomic mass is 15.0. The molecule has 0 saturated heterocycles. The first-order valence-electron chi connectivity index (χ1n) is 6.57. The van der Waals surface area contributed by atoms with Crippen LogP contribution in [0.1, 0.15) is 30.9 Å². The Morgan fingerprint density at radius 3 is 2.53 bits per heavy atom. The molecule has 1 N–H and O–H groups in total. The molecule has 2 aromatic rings. The van der Waals surface area contributed by atoms with Gasteiger partial charge in [0.25, 0.3) is 0 Å². The van der Waals surface area contributed by atoms with E-state index in [1.54, 1.807) is 6.20 Å². The molecule has 100 valence electrons. The van der Waals surface area contributed by atoms with Crippen molar-refractivity contribution >= 4 is 5.82 Å². The lowest BCUT2D eigenvalue weighted by Crippen LogP contribution is -2.08. The summed E-state index contributed by atoms with van der Waals surface area (Å²) in [7, 11) is 0. The van der Waals surface area contributed by atoms with Gasteiger partial charge in [-0.1, -0.05) is 6.92 Å². The summed E-state index contributed by atoms with van der Waals surface area (Å²) in [4.78, 5) is 17.6. The summed E-state index contributed by atoms with van der Waals surface area (Å²) in [5.41, 5.74) is 2.92. The number of aryl methyl sites for hydroxylation is 2. The zero-order chi connectivity index (χ0) is 13.8. The van der Waals surface area contributed by atoms with Crippen LogP contribution in [0.25, 0.3) is 11.5 Å². The fraction of sp³-hybridized carbons (Fsp3) is 0.429. The lowest BCUT2D eigenvalue weighted by Gasteiger charge is -2.12. The van der Waals surface area contributed by atoms with Crippen molar-refractivity contribution < 1.29 is 0 Å². The van der Waals surface area contributed by atoms with Crippen LogP contribution in [0.2, 0.25) is 0 Å². The maximum absolute atomic E-state index is 4.59. The average Bonchev–Trinajstić information content (AvgIpc) is 2.39. The van der Waals surface area contributed by atoms with E-state index < -0.39 is 0 Å². The Labute approximate surface area is 113 Å². The number of anilines is 1. The van der Waals surface area contributed by atoms with Gasteiger partial charge in [0, 0.05) is 24.0 Å². The van der Waals surface area contributed by atoms with Crippen LogP contribution in [0.4, 0.5) is 5.82 Å². The highest BCUT2D eigenvalue weighted by Gasteiger charge is 2.12. The second-order valence-electron chi connectivity index (χ2n) is 4.33. The molecule has 0 fully saturated rings. The van der Waals surface area contributed by atoms with Crippen molar-refractivity contribution in [1.82, 2.24) is 19.9 Å². The van der Waals surface area contributed by atoms with Gasteiger partial charge in [-0.3, -0.25) is 0 Å². The van der Waals surface area contributed by atoms with Gasteiger partial charge >= 0.3 is 0 Å². The molecule has 2 heterocycles. The third kappa shape index (κ3) is 2.86. The topological polar surface area (TPSA) is 63.6 Å². The van der Waals surface area contributed by atoms with Gasteiger partial charge in [-0.05, 0) is 33.3 Å². The maximum Gasteiger partial charge on any atom is 0.180 e. The summed E-state index contributed by atoms with van der Waals surface area (Å²) in [5, 5.41) is 3.30. The van der Waals surface area contributed by atoms with Crippen molar-refractivity contribution in [1.29, 1.82) is 0 Å². The van der Waals surface area contributed by atoms with Crippen molar-refractivity contribution in [3.05, 3.63) is 29.3 Å². The number of aromatic nitrogens is 4. The molecular formula is C14H19N5. The summed E-state index contributed by atoms with van der Waals surface area (Å²) in [6.07, 6.45) is 2.65. The smallest absolute Gasteiger partial charge is 0.180 e. The summed E-state index contributed by atoms with van der Waals surface area (Å²) in [6, 6.07) is 1.84. The Kier molecular flexibility index (Phi) is 4.04. The van der Waals surface area contributed by atoms with E-state index >= 15 is 0 Å². The fourth-order valence-corrected chi connectivity index (χ4v) is 2.03. The second-order valence-corrected chi connectivity index (χ2v) is 4.33. The Morgan fingerprint density at radius 2 is 1.89 bits per heavy atom. The van der Waals surface area contributed by atoms with Crippen LogP contribution < -0.4 is 5.32 Å². The van der Waals surface area contributed by atoms with Crippen LogP contribution in [0.5, 0.6) is 0 Å². The maximum atomic E-state index is 4.59. The molecule has 0 aromatic carbocycles. The number of rotatable bonds is 4. The summed E-state index contributed by atoms with van der Waals surface area (Å²) < 4.78 is 0. The highest BCUT2D eigenvalue weighted by Crippen LogP contribution is 2.21. The van der Waals surface area contributed by atoms with Crippen molar-refractivity contribution in [2.24, 2.45) is 0 Å². The zero-order valence-corrected chi connectivity index (χ0v) is 11.9. The van der Waals surface area contributed by atoms with Crippen molar-refractivity contribution in [2.45, 2.75) is 34.1 Å². The standard InChI is InChI=1S/C14H19N5/c1-5-11-9(3)17-14(19-13(11)15-6-2)12-7-8-16-10(4)18-12/h7-8H,5-6H2,1-4H3,(H,15,17,19). The van der Waals surface area contributed by atoms with Gasteiger partial charge in [0.15, 0.2) is 5.82 Å². The molecule has 0 amide bonds. The summed E-state index contributed by atoms with van der Waals surface area (Å²) in [6.45, 7) is 8.89. The minimum Gasteiger partial charge on any atom is -0.370 e. The van der Waals surface area contributed by atoms with Crippen molar-refractivity contribution in [2.75, 3.05) is 11.9 Å². The minimum atomic E-state index is 0.649. The SMILES string of the molecule is CCNc1nc(-c2ccnc(C)n2)nc(C)c1CC. The van der Waals surface area contributed by atoms with Crippen LogP contribution >= 0.6 is 0 Å². The van der Waals surface area contributed by atoms with E-state index in [1.165, 1.54) is 0 Å². The largest absolute Gasteiger partial charge is 0.370 e. The predicted octanol–water partition coefficient (Wildman–Crippen LogP) is 2.54. The van der Waals surface area contributed by atoms with Crippen LogP contribution in [-0.4, -0.2) is 26.5 Å². The molecule has 2 rings (SSSR count). The minimum absolute atomic E-state index is 0.649. The Balaban J connectivity index is 2.53. The number of hydrogen-bond donors (Lipinski definition) is 1. The van der Waals surface area contributed by atoms with Crippen LogP contribution in [0.3, 0.4) is 0 Å². The molecule has 0 aliphatic carbocycles. The van der Waals surface area contributed by atoms with Crippen molar-refractivity contribution in [3.63, 3.8) is 0 Å². The first kappa shape index (κ1) is 13.4.